The maximum atomic E-state index is 13.1. The molecule has 2 amide bonds. The van der Waals surface area contributed by atoms with Crippen molar-refractivity contribution in [2.24, 2.45) is 0 Å². The quantitative estimate of drug-likeness (QED) is 0.843. The molecule has 0 radical (unpaired) electrons. The smallest absolute Gasteiger partial charge is 0.317 e. The van der Waals surface area contributed by atoms with Gasteiger partial charge in [-0.05, 0) is 24.6 Å². The van der Waals surface area contributed by atoms with Gasteiger partial charge in [-0.1, -0.05) is 0 Å². The monoisotopic (exact) mass is 322 g/mol. The van der Waals surface area contributed by atoms with Crippen LogP contribution in [0.2, 0.25) is 0 Å². The zero-order chi connectivity index (χ0) is 16.2. The second-order valence-electron chi connectivity index (χ2n) is 4.72. The molecule has 0 saturated carbocycles. The van der Waals surface area contributed by atoms with Crippen molar-refractivity contribution >= 4 is 16.8 Å². The van der Waals surface area contributed by atoms with Crippen LogP contribution in [0.5, 0.6) is 0 Å². The van der Waals surface area contributed by atoms with E-state index in [2.05, 4.69) is 5.32 Å². The Kier molecular flexibility index (Phi) is 6.19. The van der Waals surface area contributed by atoms with Crippen LogP contribution < -0.4 is 5.32 Å². The van der Waals surface area contributed by atoms with Gasteiger partial charge in [-0.15, -0.1) is 0 Å². The van der Waals surface area contributed by atoms with Gasteiger partial charge >= 0.3 is 6.03 Å². The highest BCUT2D eigenvalue weighted by atomic mass is 32.2. The molecule has 0 unspecified atom stereocenters. The summed E-state index contributed by atoms with van der Waals surface area (Å²) < 4.78 is 50.1. The molecule has 0 aromatic heterocycles. The summed E-state index contributed by atoms with van der Waals surface area (Å²) in [4.78, 5) is 13.0. The number of halogens is 3. The van der Waals surface area contributed by atoms with E-state index in [9.17, 15) is 22.2 Å². The van der Waals surface area contributed by atoms with E-state index < -0.39 is 34.3 Å². The van der Waals surface area contributed by atoms with Crippen LogP contribution in [0, 0.1) is 17.5 Å². The Hall–Kier alpha value is -1.57. The van der Waals surface area contributed by atoms with Gasteiger partial charge in [0.15, 0.2) is 17.5 Å². The van der Waals surface area contributed by atoms with Crippen molar-refractivity contribution in [1.29, 1.82) is 0 Å². The maximum absolute atomic E-state index is 13.1. The van der Waals surface area contributed by atoms with Gasteiger partial charge in [-0.25, -0.2) is 18.0 Å². The number of carbonyl (C=O) groups excluding carboxylic acids is 1. The molecule has 1 N–H and O–H groups in total. The van der Waals surface area contributed by atoms with Crippen LogP contribution in [-0.4, -0.2) is 40.2 Å². The van der Waals surface area contributed by atoms with E-state index in [4.69, 9.17) is 0 Å². The van der Waals surface area contributed by atoms with Gasteiger partial charge in [-0.3, -0.25) is 4.21 Å². The maximum Gasteiger partial charge on any atom is 0.317 e. The molecule has 0 spiro atoms. The van der Waals surface area contributed by atoms with Crippen molar-refractivity contribution in [3.63, 3.8) is 0 Å². The van der Waals surface area contributed by atoms with E-state index in [1.165, 1.54) is 18.2 Å². The SMILES string of the molecule is C[C@@H](CNC(=O)N(C)Cc1cc(F)c(F)c(F)c1)[S@@](C)=O. The Morgan fingerprint density at radius 3 is 2.33 bits per heavy atom. The lowest BCUT2D eigenvalue weighted by Gasteiger charge is -2.19. The van der Waals surface area contributed by atoms with E-state index in [1.54, 1.807) is 6.92 Å². The summed E-state index contributed by atoms with van der Waals surface area (Å²) in [5.41, 5.74) is 0.135. The molecule has 2 atom stereocenters. The molecule has 8 heteroatoms. The number of urea groups is 1. The molecule has 0 bridgehead atoms. The summed E-state index contributed by atoms with van der Waals surface area (Å²) in [6.07, 6.45) is 1.53. The number of carbonyl (C=O) groups is 1. The van der Waals surface area contributed by atoms with Gasteiger partial charge < -0.3 is 10.2 Å². The molecule has 4 nitrogen and oxygen atoms in total. The average Bonchev–Trinajstić information content (AvgIpc) is 2.41. The van der Waals surface area contributed by atoms with Crippen LogP contribution in [0.15, 0.2) is 12.1 Å². The Labute approximate surface area is 123 Å². The lowest BCUT2D eigenvalue weighted by Crippen LogP contribution is -2.40. The van der Waals surface area contributed by atoms with Gasteiger partial charge in [-0.2, -0.15) is 0 Å². The summed E-state index contributed by atoms with van der Waals surface area (Å²) in [5, 5.41) is 2.35. The molecule has 0 saturated heterocycles. The third-order valence-corrected chi connectivity index (χ3v) is 4.22. The third-order valence-electron chi connectivity index (χ3n) is 2.92. The number of benzene rings is 1. The summed E-state index contributed by atoms with van der Waals surface area (Å²) in [5.74, 6) is -4.13. The highest BCUT2D eigenvalue weighted by Crippen LogP contribution is 2.14. The van der Waals surface area contributed by atoms with Crippen molar-refractivity contribution < 1.29 is 22.2 Å². The minimum atomic E-state index is -1.54. The van der Waals surface area contributed by atoms with Gasteiger partial charge in [0.25, 0.3) is 0 Å². The Balaban J connectivity index is 2.62. The lowest BCUT2D eigenvalue weighted by atomic mass is 10.2. The summed E-state index contributed by atoms with van der Waals surface area (Å²) in [6, 6.07) is 1.20. The van der Waals surface area contributed by atoms with Crippen molar-refractivity contribution in [3.8, 4) is 0 Å². The van der Waals surface area contributed by atoms with E-state index >= 15 is 0 Å². The van der Waals surface area contributed by atoms with Crippen LogP contribution in [0.25, 0.3) is 0 Å². The van der Waals surface area contributed by atoms with Crippen molar-refractivity contribution in [1.82, 2.24) is 10.2 Å². The van der Waals surface area contributed by atoms with Gasteiger partial charge in [0.05, 0.1) is 0 Å². The molecule has 0 heterocycles. The number of rotatable bonds is 5. The third kappa shape index (κ3) is 5.04. The van der Waals surface area contributed by atoms with E-state index in [0.717, 1.165) is 12.1 Å². The van der Waals surface area contributed by atoms with Crippen LogP contribution in [0.1, 0.15) is 12.5 Å². The molecular weight excluding hydrogens is 305 g/mol. The number of nitrogens with zero attached hydrogens (tertiary/aromatic N) is 1. The topological polar surface area (TPSA) is 49.4 Å². The van der Waals surface area contributed by atoms with Gasteiger partial charge in [0, 0.05) is 42.4 Å². The summed E-state index contributed by atoms with van der Waals surface area (Å²) in [6.45, 7) is 1.86. The zero-order valence-electron chi connectivity index (χ0n) is 12.0. The van der Waals surface area contributed by atoms with Gasteiger partial charge in [0.2, 0.25) is 0 Å². The first kappa shape index (κ1) is 17.5. The second kappa shape index (κ2) is 7.44. The van der Waals surface area contributed by atoms with E-state index in [-0.39, 0.29) is 23.9 Å². The first-order valence-electron chi connectivity index (χ1n) is 6.17. The van der Waals surface area contributed by atoms with E-state index in [0.29, 0.717) is 0 Å². The largest absolute Gasteiger partial charge is 0.337 e. The highest BCUT2D eigenvalue weighted by Gasteiger charge is 2.15. The average molecular weight is 322 g/mol. The standard InChI is InChI=1S/C13H17F3N2O2S/c1-8(21(3)20)6-17-13(19)18(2)7-9-4-10(14)12(16)11(15)5-9/h4-5,8H,6-7H2,1-3H3,(H,17,19)/t8-,21+/m0/s1. The van der Waals surface area contributed by atoms with Crippen molar-refractivity contribution in [2.45, 2.75) is 18.7 Å². The molecule has 0 aliphatic rings. The van der Waals surface area contributed by atoms with Crippen LogP contribution in [0.4, 0.5) is 18.0 Å². The predicted octanol–water partition coefficient (Wildman–Crippen LogP) is 2.01. The second-order valence-corrected chi connectivity index (χ2v) is 6.53. The van der Waals surface area contributed by atoms with Crippen molar-refractivity contribution in [3.05, 3.63) is 35.1 Å². The zero-order valence-corrected chi connectivity index (χ0v) is 12.8. The Morgan fingerprint density at radius 2 is 1.86 bits per heavy atom. The van der Waals surface area contributed by atoms with Crippen molar-refractivity contribution in [2.75, 3.05) is 19.8 Å². The Morgan fingerprint density at radius 1 is 1.33 bits per heavy atom. The van der Waals surface area contributed by atoms with Crippen LogP contribution >= 0.6 is 0 Å². The fourth-order valence-corrected chi connectivity index (χ4v) is 1.85. The van der Waals surface area contributed by atoms with Gasteiger partial charge in [0.1, 0.15) is 0 Å². The molecule has 0 aliphatic carbocycles. The fraction of sp³-hybridized carbons (Fsp3) is 0.462. The first-order chi connectivity index (χ1) is 9.72. The summed E-state index contributed by atoms with van der Waals surface area (Å²) >= 11 is 0. The number of nitrogens with one attached hydrogen (secondary N) is 1. The minimum Gasteiger partial charge on any atom is -0.337 e. The van der Waals surface area contributed by atoms with E-state index in [1.807, 2.05) is 0 Å². The molecule has 118 valence electrons. The van der Waals surface area contributed by atoms with Crippen LogP contribution in [0.3, 0.4) is 0 Å². The molecule has 0 aliphatic heterocycles. The summed E-state index contributed by atoms with van der Waals surface area (Å²) in [7, 11) is 0.372. The molecule has 0 fully saturated rings. The molecular formula is C13H17F3N2O2S. The number of amides is 2. The molecule has 1 aromatic carbocycles. The first-order valence-corrected chi connectivity index (χ1v) is 7.79. The highest BCUT2D eigenvalue weighted by molar-refractivity contribution is 7.84. The molecule has 21 heavy (non-hydrogen) atoms. The number of hydrogen-bond donors (Lipinski definition) is 1. The molecule has 1 aromatic rings. The normalized spacial score (nSPS) is 13.6. The number of hydrogen-bond acceptors (Lipinski definition) is 2. The predicted molar refractivity (Wildman–Crippen MR) is 74.7 cm³/mol. The minimum absolute atomic E-state index is 0.0798. The Bertz CT molecular complexity index is 531. The van der Waals surface area contributed by atoms with Crippen LogP contribution in [-0.2, 0) is 17.3 Å². The molecule has 1 rings (SSSR count). The fourth-order valence-electron chi connectivity index (χ4n) is 1.53. The lowest BCUT2D eigenvalue weighted by molar-refractivity contribution is 0.207.